The molecule has 0 aliphatic carbocycles. The minimum atomic E-state index is -0.203. The Bertz CT molecular complexity index is 851. The Hall–Kier alpha value is -2.96. The third kappa shape index (κ3) is 3.37. The van der Waals surface area contributed by atoms with Gasteiger partial charge in [-0.2, -0.15) is 0 Å². The Kier molecular flexibility index (Phi) is 5.16. The van der Waals surface area contributed by atoms with Crippen LogP contribution in [0.25, 0.3) is 0 Å². The van der Waals surface area contributed by atoms with E-state index in [1.165, 1.54) is 7.11 Å². The molecule has 0 unspecified atom stereocenters. The zero-order valence-corrected chi connectivity index (χ0v) is 15.2. The molecule has 2 amide bonds. The van der Waals surface area contributed by atoms with Crippen LogP contribution in [0.15, 0.2) is 24.4 Å². The van der Waals surface area contributed by atoms with Crippen molar-refractivity contribution in [2.45, 2.75) is 33.4 Å². The van der Waals surface area contributed by atoms with Crippen molar-refractivity contribution in [1.29, 1.82) is 0 Å². The monoisotopic (exact) mass is 354 g/mol. The Labute approximate surface area is 152 Å². The Morgan fingerprint density at radius 1 is 1.35 bits per heavy atom. The lowest BCUT2D eigenvalue weighted by atomic mass is 10.1. The van der Waals surface area contributed by atoms with Crippen LogP contribution < -0.4 is 10.1 Å². The van der Waals surface area contributed by atoms with Gasteiger partial charge >= 0.3 is 0 Å². The first-order valence-corrected chi connectivity index (χ1v) is 8.66. The molecule has 2 aromatic heterocycles. The lowest BCUT2D eigenvalue weighted by Crippen LogP contribution is -2.24. The van der Waals surface area contributed by atoms with Gasteiger partial charge in [-0.1, -0.05) is 6.92 Å². The van der Waals surface area contributed by atoms with Gasteiger partial charge in [0.05, 0.1) is 24.9 Å². The standard InChI is InChI=1S/C19H22N4O3/c1-4-14-8-12(6-7-20-14)17(24)21-10-13-9-15-16(22-18(13)26-3)11-23(5-2)19(15)25/h6-9H,4-5,10-11H2,1-3H3,(H,21,24). The van der Waals surface area contributed by atoms with E-state index in [4.69, 9.17) is 4.74 Å². The molecule has 0 saturated heterocycles. The molecule has 0 saturated carbocycles. The highest BCUT2D eigenvalue weighted by Crippen LogP contribution is 2.27. The number of nitrogens with one attached hydrogen (secondary N) is 1. The maximum absolute atomic E-state index is 12.4. The van der Waals surface area contributed by atoms with Gasteiger partial charge < -0.3 is 15.0 Å². The third-order valence-electron chi connectivity index (χ3n) is 4.45. The van der Waals surface area contributed by atoms with E-state index in [1.54, 1.807) is 29.3 Å². The van der Waals surface area contributed by atoms with Crippen LogP contribution in [0.4, 0.5) is 0 Å². The Morgan fingerprint density at radius 3 is 2.85 bits per heavy atom. The molecular weight excluding hydrogens is 332 g/mol. The van der Waals surface area contributed by atoms with Crippen molar-refractivity contribution in [3.05, 3.63) is 52.5 Å². The highest BCUT2D eigenvalue weighted by Gasteiger charge is 2.29. The summed E-state index contributed by atoms with van der Waals surface area (Å²) in [5, 5.41) is 2.86. The normalized spacial score (nSPS) is 12.9. The van der Waals surface area contributed by atoms with Crippen LogP contribution in [0.3, 0.4) is 0 Å². The molecule has 26 heavy (non-hydrogen) atoms. The smallest absolute Gasteiger partial charge is 0.256 e. The topological polar surface area (TPSA) is 84.4 Å². The van der Waals surface area contributed by atoms with Gasteiger partial charge in [0.25, 0.3) is 11.8 Å². The SMILES string of the molecule is CCc1cc(C(=O)NCc2cc3c(nc2OC)CN(CC)C3=O)ccn1. The number of aromatic nitrogens is 2. The first-order valence-electron chi connectivity index (χ1n) is 8.66. The molecule has 0 spiro atoms. The quantitative estimate of drug-likeness (QED) is 0.857. The van der Waals surface area contributed by atoms with Crippen LogP contribution in [-0.2, 0) is 19.5 Å². The fraction of sp³-hybridized carbons (Fsp3) is 0.368. The highest BCUT2D eigenvalue weighted by molar-refractivity contribution is 5.98. The van der Waals surface area contributed by atoms with Gasteiger partial charge in [-0.3, -0.25) is 14.6 Å². The number of hydrogen-bond donors (Lipinski definition) is 1. The maximum Gasteiger partial charge on any atom is 0.256 e. The molecule has 1 aliphatic rings. The van der Waals surface area contributed by atoms with E-state index in [0.717, 1.165) is 12.1 Å². The molecule has 1 N–H and O–H groups in total. The van der Waals surface area contributed by atoms with Gasteiger partial charge in [-0.05, 0) is 31.5 Å². The summed E-state index contributed by atoms with van der Waals surface area (Å²) in [4.78, 5) is 35.1. The van der Waals surface area contributed by atoms with E-state index in [1.807, 2.05) is 13.8 Å². The van der Waals surface area contributed by atoms with Gasteiger partial charge in [0, 0.05) is 36.1 Å². The molecule has 0 fully saturated rings. The zero-order chi connectivity index (χ0) is 18.7. The highest BCUT2D eigenvalue weighted by atomic mass is 16.5. The molecule has 0 bridgehead atoms. The summed E-state index contributed by atoms with van der Waals surface area (Å²) in [5.74, 6) is 0.192. The summed E-state index contributed by atoms with van der Waals surface area (Å²) in [6, 6.07) is 5.22. The number of ether oxygens (including phenoxy) is 1. The van der Waals surface area contributed by atoms with Crippen molar-refractivity contribution in [3.63, 3.8) is 0 Å². The van der Waals surface area contributed by atoms with Crippen LogP contribution in [-0.4, -0.2) is 40.3 Å². The van der Waals surface area contributed by atoms with Crippen LogP contribution in [0.2, 0.25) is 0 Å². The molecule has 136 valence electrons. The summed E-state index contributed by atoms with van der Waals surface area (Å²) in [7, 11) is 1.53. The number of carbonyl (C=O) groups is 2. The summed E-state index contributed by atoms with van der Waals surface area (Å²) in [5.41, 5.74) is 3.38. The second-order valence-corrected chi connectivity index (χ2v) is 6.04. The van der Waals surface area contributed by atoms with E-state index in [0.29, 0.717) is 41.4 Å². The number of aryl methyl sites for hydroxylation is 1. The molecule has 0 radical (unpaired) electrons. The van der Waals surface area contributed by atoms with Gasteiger partial charge in [0.1, 0.15) is 0 Å². The van der Waals surface area contributed by atoms with Crippen molar-refractivity contribution in [1.82, 2.24) is 20.2 Å². The fourth-order valence-corrected chi connectivity index (χ4v) is 2.95. The van der Waals surface area contributed by atoms with Crippen molar-refractivity contribution in [2.24, 2.45) is 0 Å². The fourth-order valence-electron chi connectivity index (χ4n) is 2.95. The maximum atomic E-state index is 12.4. The van der Waals surface area contributed by atoms with E-state index in [9.17, 15) is 9.59 Å². The van der Waals surface area contributed by atoms with Gasteiger partial charge in [-0.15, -0.1) is 0 Å². The third-order valence-corrected chi connectivity index (χ3v) is 4.45. The first-order chi connectivity index (χ1) is 12.6. The number of methoxy groups -OCH3 is 1. The lowest BCUT2D eigenvalue weighted by molar-refractivity contribution is 0.0786. The van der Waals surface area contributed by atoms with Gasteiger partial charge in [0.2, 0.25) is 5.88 Å². The Balaban J connectivity index is 1.79. The average Bonchev–Trinajstić information content (AvgIpc) is 3.00. The predicted molar refractivity (Wildman–Crippen MR) is 96.0 cm³/mol. The summed E-state index contributed by atoms with van der Waals surface area (Å²) < 4.78 is 5.35. The zero-order valence-electron chi connectivity index (χ0n) is 15.2. The van der Waals surface area contributed by atoms with E-state index in [2.05, 4.69) is 15.3 Å². The van der Waals surface area contributed by atoms with Gasteiger partial charge in [0.15, 0.2) is 0 Å². The molecule has 3 heterocycles. The van der Waals surface area contributed by atoms with Crippen LogP contribution in [0.1, 0.15) is 51.5 Å². The first kappa shape index (κ1) is 17.8. The largest absolute Gasteiger partial charge is 0.481 e. The van der Waals surface area contributed by atoms with Crippen LogP contribution >= 0.6 is 0 Å². The predicted octanol–water partition coefficient (Wildman–Crippen LogP) is 1.95. The van der Waals surface area contributed by atoms with E-state index >= 15 is 0 Å². The average molecular weight is 354 g/mol. The lowest BCUT2D eigenvalue weighted by Gasteiger charge is -2.11. The molecule has 7 nitrogen and oxygen atoms in total. The second-order valence-electron chi connectivity index (χ2n) is 6.04. The molecule has 0 atom stereocenters. The molecular formula is C19H22N4O3. The van der Waals surface area contributed by atoms with Crippen LogP contribution in [0, 0.1) is 0 Å². The Morgan fingerprint density at radius 2 is 2.15 bits per heavy atom. The molecule has 0 aromatic carbocycles. The van der Waals surface area contributed by atoms with Crippen molar-refractivity contribution in [2.75, 3.05) is 13.7 Å². The second kappa shape index (κ2) is 7.51. The van der Waals surface area contributed by atoms with E-state index in [-0.39, 0.29) is 18.4 Å². The van der Waals surface area contributed by atoms with E-state index < -0.39 is 0 Å². The number of pyridine rings is 2. The molecule has 1 aliphatic heterocycles. The molecule has 3 rings (SSSR count). The number of amides is 2. The molecule has 7 heteroatoms. The van der Waals surface area contributed by atoms with Crippen molar-refractivity contribution < 1.29 is 14.3 Å². The summed E-state index contributed by atoms with van der Waals surface area (Å²) in [6.45, 7) is 5.27. The number of hydrogen-bond acceptors (Lipinski definition) is 5. The summed E-state index contributed by atoms with van der Waals surface area (Å²) in [6.07, 6.45) is 2.39. The summed E-state index contributed by atoms with van der Waals surface area (Å²) >= 11 is 0. The van der Waals surface area contributed by atoms with Crippen LogP contribution in [0.5, 0.6) is 5.88 Å². The number of fused-ring (bicyclic) bond motifs is 1. The van der Waals surface area contributed by atoms with Crippen molar-refractivity contribution >= 4 is 11.8 Å². The number of carbonyl (C=O) groups excluding carboxylic acids is 2. The minimum absolute atomic E-state index is 0.0352. The number of rotatable bonds is 6. The van der Waals surface area contributed by atoms with Crippen molar-refractivity contribution in [3.8, 4) is 5.88 Å². The van der Waals surface area contributed by atoms with Gasteiger partial charge in [-0.25, -0.2) is 4.98 Å². The molecule has 2 aromatic rings. The number of nitrogens with zero attached hydrogens (tertiary/aromatic N) is 3. The minimum Gasteiger partial charge on any atom is -0.481 e.